The standard InChI is InChI=1S/C29H41N3O5/c1-19-20(2)26(33)30(6)15-22(19)21-13-24(35-7)23(25(14-21)36-8)16-31-11-9-29(10-12-31)17-32(18-29)27(34)37-28(3,4)5/h13-15H,9-12,16-18H2,1-8H3. The van der Waals surface area contributed by atoms with E-state index >= 15 is 0 Å². The Kier molecular flexibility index (Phi) is 7.34. The number of carbonyl (C=O) groups is 1. The van der Waals surface area contributed by atoms with Crippen LogP contribution in [0.2, 0.25) is 0 Å². The molecule has 0 saturated carbocycles. The summed E-state index contributed by atoms with van der Waals surface area (Å²) in [5.74, 6) is 1.56. The minimum Gasteiger partial charge on any atom is -0.496 e. The van der Waals surface area contributed by atoms with E-state index in [2.05, 4.69) is 4.90 Å². The van der Waals surface area contributed by atoms with Crippen molar-refractivity contribution in [2.24, 2.45) is 12.5 Å². The number of ether oxygens (including phenoxy) is 3. The Morgan fingerprint density at radius 2 is 1.57 bits per heavy atom. The number of rotatable bonds is 5. The van der Waals surface area contributed by atoms with Crippen molar-refractivity contribution in [1.82, 2.24) is 14.4 Å². The highest BCUT2D eigenvalue weighted by atomic mass is 16.6. The fourth-order valence-corrected chi connectivity index (χ4v) is 5.51. The Hall–Kier alpha value is -3.00. The normalized spacial score (nSPS) is 17.5. The van der Waals surface area contributed by atoms with Crippen LogP contribution in [0.15, 0.2) is 23.1 Å². The summed E-state index contributed by atoms with van der Waals surface area (Å²) in [7, 11) is 5.15. The summed E-state index contributed by atoms with van der Waals surface area (Å²) in [5, 5.41) is 0. The molecule has 2 aliphatic heterocycles. The highest BCUT2D eigenvalue weighted by Crippen LogP contribution is 2.43. The zero-order chi connectivity index (χ0) is 27.1. The van der Waals surface area contributed by atoms with E-state index in [0.29, 0.717) is 0 Å². The number of likely N-dealkylation sites (tertiary alicyclic amines) is 2. The van der Waals surface area contributed by atoms with Crippen molar-refractivity contribution in [3.05, 3.63) is 45.4 Å². The van der Waals surface area contributed by atoms with Crippen LogP contribution >= 0.6 is 0 Å². The second kappa shape index (κ2) is 10.0. The van der Waals surface area contributed by atoms with Crippen LogP contribution in [0.3, 0.4) is 0 Å². The second-order valence-corrected chi connectivity index (χ2v) is 11.7. The lowest BCUT2D eigenvalue weighted by molar-refractivity contribution is -0.0601. The predicted molar refractivity (Wildman–Crippen MR) is 144 cm³/mol. The van der Waals surface area contributed by atoms with Crippen LogP contribution in [0.1, 0.15) is 50.3 Å². The molecule has 8 nitrogen and oxygen atoms in total. The topological polar surface area (TPSA) is 73.2 Å². The molecule has 0 unspecified atom stereocenters. The van der Waals surface area contributed by atoms with Gasteiger partial charge in [-0.1, -0.05) is 0 Å². The first-order valence-electron chi connectivity index (χ1n) is 13.0. The van der Waals surface area contributed by atoms with E-state index in [0.717, 1.165) is 84.9 Å². The van der Waals surface area contributed by atoms with Crippen molar-refractivity contribution in [2.45, 2.75) is 59.6 Å². The minimum atomic E-state index is -0.467. The number of aryl methyl sites for hydroxylation is 1. The van der Waals surface area contributed by atoms with Crippen molar-refractivity contribution in [1.29, 1.82) is 0 Å². The summed E-state index contributed by atoms with van der Waals surface area (Å²) in [4.78, 5) is 29.0. The van der Waals surface area contributed by atoms with Crippen LogP contribution in [0, 0.1) is 19.3 Å². The average Bonchev–Trinajstić information content (AvgIpc) is 2.83. The van der Waals surface area contributed by atoms with E-state index in [1.807, 2.05) is 57.8 Å². The minimum absolute atomic E-state index is 0.0142. The van der Waals surface area contributed by atoms with Gasteiger partial charge in [0.05, 0.1) is 19.8 Å². The van der Waals surface area contributed by atoms with Gasteiger partial charge in [-0.2, -0.15) is 0 Å². The summed E-state index contributed by atoms with van der Waals surface area (Å²) >= 11 is 0. The van der Waals surface area contributed by atoms with Crippen molar-refractivity contribution < 1.29 is 19.0 Å². The van der Waals surface area contributed by atoms with Gasteiger partial charge in [-0.3, -0.25) is 9.69 Å². The highest BCUT2D eigenvalue weighted by Gasteiger charge is 2.47. The van der Waals surface area contributed by atoms with Crippen molar-refractivity contribution >= 4 is 6.09 Å². The first-order chi connectivity index (χ1) is 17.4. The molecule has 1 aromatic carbocycles. The lowest BCUT2D eigenvalue weighted by atomic mass is 9.72. The van der Waals surface area contributed by atoms with Gasteiger partial charge in [0.1, 0.15) is 17.1 Å². The summed E-state index contributed by atoms with van der Waals surface area (Å²) in [6.07, 6.45) is 3.76. The molecule has 0 radical (unpaired) electrons. The third-order valence-corrected chi connectivity index (χ3v) is 7.85. The maximum Gasteiger partial charge on any atom is 0.410 e. The summed E-state index contributed by atoms with van der Waals surface area (Å²) < 4.78 is 18.8. The SMILES string of the molecule is COc1cc(-c2cn(C)c(=O)c(C)c2C)cc(OC)c1CN1CCC2(CC1)CN(C(=O)OC(C)(C)C)C2. The highest BCUT2D eigenvalue weighted by molar-refractivity contribution is 5.72. The maximum atomic E-state index is 12.4. The van der Waals surface area contributed by atoms with Crippen molar-refractivity contribution in [3.63, 3.8) is 0 Å². The monoisotopic (exact) mass is 511 g/mol. The molecule has 4 rings (SSSR count). The van der Waals surface area contributed by atoms with Gasteiger partial charge in [0, 0.05) is 49.4 Å². The number of hydrogen-bond donors (Lipinski definition) is 0. The van der Waals surface area contributed by atoms with E-state index in [9.17, 15) is 9.59 Å². The molecule has 0 bridgehead atoms. The molecule has 37 heavy (non-hydrogen) atoms. The zero-order valence-electron chi connectivity index (χ0n) is 23.6. The summed E-state index contributed by atoms with van der Waals surface area (Å²) in [6, 6.07) is 4.08. The molecule has 1 spiro atoms. The van der Waals surface area contributed by atoms with E-state index in [-0.39, 0.29) is 17.1 Å². The van der Waals surface area contributed by atoms with Gasteiger partial charge in [0.25, 0.3) is 5.56 Å². The molecule has 2 aromatic rings. The quantitative estimate of drug-likeness (QED) is 0.588. The summed E-state index contributed by atoms with van der Waals surface area (Å²) in [6.45, 7) is 13.7. The number of hydrogen-bond acceptors (Lipinski definition) is 6. The number of piperidine rings is 1. The molecule has 2 aliphatic rings. The molecule has 3 heterocycles. The smallest absolute Gasteiger partial charge is 0.410 e. The Labute approximate surface area is 220 Å². The first kappa shape index (κ1) is 27.0. The Morgan fingerprint density at radius 1 is 1.00 bits per heavy atom. The second-order valence-electron chi connectivity index (χ2n) is 11.7. The van der Waals surface area contributed by atoms with Crippen LogP contribution < -0.4 is 15.0 Å². The van der Waals surface area contributed by atoms with Crippen molar-refractivity contribution in [2.75, 3.05) is 40.4 Å². The van der Waals surface area contributed by atoms with E-state index < -0.39 is 5.60 Å². The number of methoxy groups -OCH3 is 2. The van der Waals surface area contributed by atoms with Crippen LogP contribution in [0.4, 0.5) is 4.79 Å². The van der Waals surface area contributed by atoms with E-state index in [4.69, 9.17) is 14.2 Å². The van der Waals surface area contributed by atoms with Gasteiger partial charge in [-0.05, 0) is 83.8 Å². The third kappa shape index (κ3) is 5.49. The molecular formula is C29H41N3O5. The first-order valence-corrected chi connectivity index (χ1v) is 13.0. The zero-order valence-corrected chi connectivity index (χ0v) is 23.6. The average molecular weight is 512 g/mol. The maximum absolute atomic E-state index is 12.4. The van der Waals surface area contributed by atoms with Crippen LogP contribution in [0.5, 0.6) is 11.5 Å². The Morgan fingerprint density at radius 3 is 2.08 bits per heavy atom. The van der Waals surface area contributed by atoms with Crippen LogP contribution in [0.25, 0.3) is 11.1 Å². The fraction of sp³-hybridized carbons (Fsp3) is 0.586. The Balaban J connectivity index is 1.47. The molecular weight excluding hydrogens is 470 g/mol. The molecule has 0 atom stereocenters. The molecule has 202 valence electrons. The van der Waals surface area contributed by atoms with Gasteiger partial charge in [-0.25, -0.2) is 4.79 Å². The molecule has 8 heteroatoms. The Bertz CT molecular complexity index is 1200. The van der Waals surface area contributed by atoms with E-state index in [1.165, 1.54) is 0 Å². The number of benzene rings is 1. The molecule has 1 aromatic heterocycles. The number of nitrogens with zero attached hydrogens (tertiary/aromatic N) is 3. The third-order valence-electron chi connectivity index (χ3n) is 7.85. The van der Waals surface area contributed by atoms with Crippen molar-refractivity contribution in [3.8, 4) is 22.6 Å². The fourth-order valence-electron chi connectivity index (χ4n) is 5.51. The lowest BCUT2D eigenvalue weighted by Crippen LogP contribution is -2.62. The molecule has 1 amide bonds. The largest absolute Gasteiger partial charge is 0.496 e. The molecule has 2 saturated heterocycles. The molecule has 2 fully saturated rings. The number of carbonyl (C=O) groups excluding carboxylic acids is 1. The van der Waals surface area contributed by atoms with Gasteiger partial charge < -0.3 is 23.7 Å². The number of aromatic nitrogens is 1. The lowest BCUT2D eigenvalue weighted by Gasteiger charge is -2.53. The predicted octanol–water partition coefficient (Wildman–Crippen LogP) is 4.52. The van der Waals surface area contributed by atoms with Gasteiger partial charge in [0.15, 0.2) is 0 Å². The number of amides is 1. The number of pyridine rings is 1. The van der Waals surface area contributed by atoms with Gasteiger partial charge in [-0.15, -0.1) is 0 Å². The molecule has 0 N–H and O–H groups in total. The van der Waals surface area contributed by atoms with E-state index in [1.54, 1.807) is 25.8 Å². The van der Waals surface area contributed by atoms with Gasteiger partial charge >= 0.3 is 6.09 Å². The van der Waals surface area contributed by atoms with Gasteiger partial charge in [0.2, 0.25) is 0 Å². The van der Waals surface area contributed by atoms with Crippen LogP contribution in [-0.4, -0.2) is 66.5 Å². The molecule has 0 aliphatic carbocycles. The van der Waals surface area contributed by atoms with Crippen LogP contribution in [-0.2, 0) is 18.3 Å². The summed E-state index contributed by atoms with van der Waals surface area (Å²) in [5.41, 5.74) is 4.42.